The first-order valence-electron chi connectivity index (χ1n) is 4.95. The Hall–Kier alpha value is -1.27. The Bertz CT molecular complexity index is 557. The molecule has 4 nitrogen and oxygen atoms in total. The Morgan fingerprint density at radius 3 is 2.56 bits per heavy atom. The molecule has 2 rings (SSSR count). The van der Waals surface area contributed by atoms with Gasteiger partial charge in [0.25, 0.3) is 0 Å². The third-order valence-corrected chi connectivity index (χ3v) is 3.43. The van der Waals surface area contributed by atoms with Gasteiger partial charge in [-0.15, -0.1) is 0 Å². The van der Waals surface area contributed by atoms with E-state index in [0.29, 0.717) is 11.5 Å². The van der Waals surface area contributed by atoms with E-state index in [0.717, 1.165) is 8.95 Å². The summed E-state index contributed by atoms with van der Waals surface area (Å²) in [4.78, 5) is 10.7. The number of para-hydroxylation sites is 1. The van der Waals surface area contributed by atoms with Crippen LogP contribution in [0.1, 0.15) is 16.1 Å². The van der Waals surface area contributed by atoms with Crippen LogP contribution >= 0.6 is 31.9 Å². The van der Waals surface area contributed by atoms with E-state index < -0.39 is 5.97 Å². The SMILES string of the molecule is O=C(O)c1coc(COc2c(Br)cccc2Br)c1. The largest absolute Gasteiger partial charge is 0.483 e. The minimum Gasteiger partial charge on any atom is -0.483 e. The van der Waals surface area contributed by atoms with Crippen molar-refractivity contribution in [2.24, 2.45) is 0 Å². The highest BCUT2D eigenvalue weighted by atomic mass is 79.9. The quantitative estimate of drug-likeness (QED) is 0.874. The molecule has 0 spiro atoms. The number of aromatic carboxylic acids is 1. The molecule has 6 heteroatoms. The second-order valence-electron chi connectivity index (χ2n) is 3.45. The highest BCUT2D eigenvalue weighted by Crippen LogP contribution is 2.33. The molecule has 0 fully saturated rings. The van der Waals surface area contributed by atoms with Crippen molar-refractivity contribution in [1.29, 1.82) is 0 Å². The van der Waals surface area contributed by atoms with Crippen LogP contribution in [-0.4, -0.2) is 11.1 Å². The highest BCUT2D eigenvalue weighted by Gasteiger charge is 2.10. The Kier molecular flexibility index (Phi) is 4.08. The van der Waals surface area contributed by atoms with Gasteiger partial charge in [0, 0.05) is 0 Å². The predicted molar refractivity (Wildman–Crippen MR) is 71.8 cm³/mol. The number of furan rings is 1. The topological polar surface area (TPSA) is 59.7 Å². The molecular weight excluding hydrogens is 368 g/mol. The summed E-state index contributed by atoms with van der Waals surface area (Å²) in [7, 11) is 0. The van der Waals surface area contributed by atoms with Crippen LogP contribution in [-0.2, 0) is 6.61 Å². The molecule has 0 saturated heterocycles. The minimum atomic E-state index is -1.02. The molecule has 0 aliphatic rings. The Morgan fingerprint density at radius 2 is 2.00 bits per heavy atom. The van der Waals surface area contributed by atoms with Crippen molar-refractivity contribution < 1.29 is 19.1 Å². The lowest BCUT2D eigenvalue weighted by Gasteiger charge is -2.08. The standard InChI is InChI=1S/C12H8Br2O4/c13-9-2-1-3-10(14)11(9)18-6-8-4-7(5-17-8)12(15)16/h1-5H,6H2,(H,15,16). The van der Waals surface area contributed by atoms with E-state index in [-0.39, 0.29) is 12.2 Å². The molecule has 2 aromatic rings. The molecule has 0 amide bonds. The van der Waals surface area contributed by atoms with Gasteiger partial charge in [0.2, 0.25) is 0 Å². The van der Waals surface area contributed by atoms with Gasteiger partial charge in [-0.2, -0.15) is 0 Å². The highest BCUT2D eigenvalue weighted by molar-refractivity contribution is 9.11. The molecule has 0 aliphatic heterocycles. The zero-order valence-electron chi connectivity index (χ0n) is 9.02. The van der Waals surface area contributed by atoms with Crippen LogP contribution in [0.15, 0.2) is 43.9 Å². The average Bonchev–Trinajstić information content (AvgIpc) is 2.77. The zero-order valence-corrected chi connectivity index (χ0v) is 12.2. The van der Waals surface area contributed by atoms with Gasteiger partial charge in [-0.05, 0) is 50.1 Å². The van der Waals surface area contributed by atoms with Gasteiger partial charge < -0.3 is 14.3 Å². The summed E-state index contributed by atoms with van der Waals surface area (Å²) in [5.74, 6) is 0.0768. The van der Waals surface area contributed by atoms with Gasteiger partial charge in [0.1, 0.15) is 24.4 Å². The van der Waals surface area contributed by atoms with E-state index in [4.69, 9.17) is 14.3 Å². The molecular formula is C12H8Br2O4. The van der Waals surface area contributed by atoms with Crippen LogP contribution in [0.4, 0.5) is 0 Å². The smallest absolute Gasteiger partial charge is 0.338 e. The third-order valence-electron chi connectivity index (χ3n) is 2.18. The molecule has 1 heterocycles. The summed E-state index contributed by atoms with van der Waals surface area (Å²) in [6.45, 7) is 0.161. The molecule has 0 atom stereocenters. The van der Waals surface area contributed by atoms with Crippen molar-refractivity contribution in [3.05, 3.63) is 50.8 Å². The summed E-state index contributed by atoms with van der Waals surface area (Å²) in [6, 6.07) is 7.01. The van der Waals surface area contributed by atoms with E-state index in [1.807, 2.05) is 18.2 Å². The molecule has 1 N–H and O–H groups in total. The monoisotopic (exact) mass is 374 g/mol. The van der Waals surface area contributed by atoms with E-state index in [1.54, 1.807) is 0 Å². The van der Waals surface area contributed by atoms with Gasteiger partial charge in [0.05, 0.1) is 14.5 Å². The molecule has 0 unspecified atom stereocenters. The average molecular weight is 376 g/mol. The number of ether oxygens (including phenoxy) is 1. The fourth-order valence-corrected chi connectivity index (χ4v) is 2.56. The van der Waals surface area contributed by atoms with Gasteiger partial charge >= 0.3 is 5.97 Å². The maximum atomic E-state index is 10.7. The molecule has 0 radical (unpaired) electrons. The van der Waals surface area contributed by atoms with Crippen LogP contribution in [0.25, 0.3) is 0 Å². The van der Waals surface area contributed by atoms with Crippen LogP contribution in [0.5, 0.6) is 5.75 Å². The normalized spacial score (nSPS) is 10.3. The van der Waals surface area contributed by atoms with Crippen molar-refractivity contribution in [3.63, 3.8) is 0 Å². The summed E-state index contributed by atoms with van der Waals surface area (Å²) >= 11 is 6.74. The number of carbonyl (C=O) groups is 1. The molecule has 18 heavy (non-hydrogen) atoms. The fraction of sp³-hybridized carbons (Fsp3) is 0.0833. The van der Waals surface area contributed by atoms with E-state index in [9.17, 15) is 4.79 Å². The minimum absolute atomic E-state index is 0.111. The van der Waals surface area contributed by atoms with Crippen molar-refractivity contribution in [1.82, 2.24) is 0 Å². The van der Waals surface area contributed by atoms with Gasteiger partial charge in [0.15, 0.2) is 0 Å². The van der Waals surface area contributed by atoms with Crippen LogP contribution in [0.3, 0.4) is 0 Å². The molecule has 1 aromatic carbocycles. The lowest BCUT2D eigenvalue weighted by molar-refractivity contribution is 0.0696. The van der Waals surface area contributed by atoms with Crippen molar-refractivity contribution in [2.45, 2.75) is 6.61 Å². The number of halogens is 2. The van der Waals surface area contributed by atoms with Gasteiger partial charge in [-0.25, -0.2) is 4.79 Å². The van der Waals surface area contributed by atoms with Gasteiger partial charge in [-0.1, -0.05) is 6.07 Å². The summed E-state index contributed by atoms with van der Waals surface area (Å²) in [5, 5.41) is 8.76. The van der Waals surface area contributed by atoms with Crippen molar-refractivity contribution in [3.8, 4) is 5.75 Å². The maximum Gasteiger partial charge on any atom is 0.338 e. The first-order chi connectivity index (χ1) is 8.58. The lowest BCUT2D eigenvalue weighted by Crippen LogP contribution is -1.96. The summed E-state index contributed by atoms with van der Waals surface area (Å²) in [5.41, 5.74) is 0.111. The Morgan fingerprint density at radius 1 is 1.33 bits per heavy atom. The molecule has 0 bridgehead atoms. The van der Waals surface area contributed by atoms with Crippen molar-refractivity contribution in [2.75, 3.05) is 0 Å². The fourth-order valence-electron chi connectivity index (χ4n) is 1.33. The predicted octanol–water partition coefficient (Wildman–Crippen LogP) is 4.08. The number of hydrogen-bond donors (Lipinski definition) is 1. The Balaban J connectivity index is 2.09. The van der Waals surface area contributed by atoms with E-state index in [1.165, 1.54) is 12.3 Å². The number of hydrogen-bond acceptors (Lipinski definition) is 3. The van der Waals surface area contributed by atoms with Crippen LogP contribution in [0, 0.1) is 0 Å². The number of carboxylic acid groups (broad SMARTS) is 1. The van der Waals surface area contributed by atoms with E-state index >= 15 is 0 Å². The molecule has 0 saturated carbocycles. The number of carboxylic acids is 1. The second-order valence-corrected chi connectivity index (χ2v) is 5.15. The van der Waals surface area contributed by atoms with Crippen LogP contribution in [0.2, 0.25) is 0 Å². The first-order valence-corrected chi connectivity index (χ1v) is 6.54. The second kappa shape index (κ2) is 5.58. The maximum absolute atomic E-state index is 10.7. The van der Waals surface area contributed by atoms with Crippen molar-refractivity contribution >= 4 is 37.8 Å². The molecule has 1 aromatic heterocycles. The van der Waals surface area contributed by atoms with Crippen LogP contribution < -0.4 is 4.74 Å². The molecule has 0 aliphatic carbocycles. The summed E-state index contributed by atoms with van der Waals surface area (Å²) < 4.78 is 12.3. The lowest BCUT2D eigenvalue weighted by atomic mass is 10.3. The number of rotatable bonds is 4. The van der Waals surface area contributed by atoms with Gasteiger partial charge in [-0.3, -0.25) is 0 Å². The zero-order chi connectivity index (χ0) is 13.1. The Labute approximate surface area is 120 Å². The number of benzene rings is 1. The molecule has 94 valence electrons. The summed E-state index contributed by atoms with van der Waals surface area (Å²) in [6.07, 6.45) is 1.19. The third kappa shape index (κ3) is 2.94. The van der Waals surface area contributed by atoms with E-state index in [2.05, 4.69) is 31.9 Å². The first kappa shape index (κ1) is 13.2.